The summed E-state index contributed by atoms with van der Waals surface area (Å²) >= 11 is 9.30. The molecule has 0 saturated carbocycles. The minimum atomic E-state index is 0.678. The molecule has 0 aliphatic rings. The van der Waals surface area contributed by atoms with Gasteiger partial charge in [-0.05, 0) is 23.8 Å². The van der Waals surface area contributed by atoms with Gasteiger partial charge in [-0.25, -0.2) is 0 Å². The summed E-state index contributed by atoms with van der Waals surface area (Å²) in [6.07, 6.45) is 2.78. The third-order valence-electron chi connectivity index (χ3n) is 2.01. The van der Waals surface area contributed by atoms with Gasteiger partial charge in [-0.15, -0.1) is 23.1 Å². The number of benzene rings is 1. The number of carbonyl (C=O) groups excluding carboxylic acids is 1. The van der Waals surface area contributed by atoms with Crippen LogP contribution in [-0.2, 0) is 0 Å². The van der Waals surface area contributed by atoms with Crippen molar-refractivity contribution in [2.24, 2.45) is 0 Å². The number of aldehydes is 1. The van der Waals surface area contributed by atoms with Crippen molar-refractivity contribution in [2.75, 3.05) is 6.26 Å². The van der Waals surface area contributed by atoms with E-state index in [-0.39, 0.29) is 0 Å². The van der Waals surface area contributed by atoms with Crippen LogP contribution in [-0.4, -0.2) is 12.5 Å². The fourth-order valence-electron chi connectivity index (χ4n) is 1.36. The summed E-state index contributed by atoms with van der Waals surface area (Å²) < 4.78 is 1.06. The molecule has 1 heterocycles. The van der Waals surface area contributed by atoms with Crippen molar-refractivity contribution in [3.05, 3.63) is 28.1 Å². The summed E-state index contributed by atoms with van der Waals surface area (Å²) in [5.41, 5.74) is 0.678. The van der Waals surface area contributed by atoms with Gasteiger partial charge in [0.05, 0.1) is 5.02 Å². The lowest BCUT2D eigenvalue weighted by Gasteiger charge is -2.04. The average Bonchev–Trinajstić information content (AvgIpc) is 2.65. The third kappa shape index (κ3) is 1.45. The molecule has 0 bridgehead atoms. The van der Waals surface area contributed by atoms with E-state index in [1.165, 1.54) is 11.8 Å². The van der Waals surface area contributed by atoms with E-state index in [4.69, 9.17) is 11.6 Å². The molecule has 0 amide bonds. The molecule has 0 radical (unpaired) electrons. The standard InChI is InChI=1S/C10H7ClOS2/c1-13-10-6(5-12)4-8-7(9(10)11)2-3-14-8/h2-5H,1H3. The minimum Gasteiger partial charge on any atom is -0.298 e. The van der Waals surface area contributed by atoms with Crippen molar-refractivity contribution >= 4 is 51.1 Å². The van der Waals surface area contributed by atoms with Crippen molar-refractivity contribution in [2.45, 2.75) is 4.90 Å². The van der Waals surface area contributed by atoms with Crippen molar-refractivity contribution in [3.63, 3.8) is 0 Å². The highest BCUT2D eigenvalue weighted by Gasteiger charge is 2.11. The first kappa shape index (κ1) is 10.0. The largest absolute Gasteiger partial charge is 0.298 e. The molecule has 4 heteroatoms. The third-order valence-corrected chi connectivity index (χ3v) is 4.23. The van der Waals surface area contributed by atoms with E-state index < -0.39 is 0 Å². The molecule has 1 aromatic carbocycles. The number of rotatable bonds is 2. The van der Waals surface area contributed by atoms with Crippen molar-refractivity contribution in [3.8, 4) is 0 Å². The van der Waals surface area contributed by atoms with E-state index >= 15 is 0 Å². The highest BCUT2D eigenvalue weighted by Crippen LogP contribution is 2.37. The lowest BCUT2D eigenvalue weighted by atomic mass is 10.2. The van der Waals surface area contributed by atoms with E-state index in [9.17, 15) is 4.79 Å². The second kappa shape index (κ2) is 3.93. The van der Waals surface area contributed by atoms with Gasteiger partial charge in [-0.1, -0.05) is 11.6 Å². The molecule has 0 aliphatic heterocycles. The molecule has 2 rings (SSSR count). The molecule has 1 aromatic heterocycles. The Hall–Kier alpha value is -0.510. The topological polar surface area (TPSA) is 17.1 Å². The number of thiophene rings is 1. The number of thioether (sulfide) groups is 1. The Morgan fingerprint density at radius 3 is 3.00 bits per heavy atom. The van der Waals surface area contributed by atoms with Crippen LogP contribution in [0.2, 0.25) is 5.02 Å². The number of carbonyl (C=O) groups is 1. The first-order chi connectivity index (χ1) is 6.77. The molecule has 14 heavy (non-hydrogen) atoms. The lowest BCUT2D eigenvalue weighted by molar-refractivity contribution is 0.112. The van der Waals surface area contributed by atoms with E-state index in [0.29, 0.717) is 10.6 Å². The Labute approximate surface area is 95.1 Å². The zero-order valence-corrected chi connectivity index (χ0v) is 9.80. The zero-order valence-electron chi connectivity index (χ0n) is 7.41. The van der Waals surface area contributed by atoms with Gasteiger partial charge in [0, 0.05) is 20.5 Å². The van der Waals surface area contributed by atoms with E-state index in [1.807, 2.05) is 23.8 Å². The quantitative estimate of drug-likeness (QED) is 0.583. The second-order valence-electron chi connectivity index (χ2n) is 2.76. The SMILES string of the molecule is CSc1c(C=O)cc2sccc2c1Cl. The van der Waals surface area contributed by atoms with Gasteiger partial charge in [0.1, 0.15) is 0 Å². The maximum absolute atomic E-state index is 10.8. The summed E-state index contributed by atoms with van der Waals surface area (Å²) in [5, 5.41) is 3.71. The predicted octanol–water partition coefficient (Wildman–Crippen LogP) is 4.09. The normalized spacial score (nSPS) is 10.7. The van der Waals surface area contributed by atoms with Gasteiger partial charge in [0.15, 0.2) is 6.29 Å². The van der Waals surface area contributed by atoms with Crippen LogP contribution in [0, 0.1) is 0 Å². The highest BCUT2D eigenvalue weighted by molar-refractivity contribution is 7.98. The summed E-state index contributed by atoms with van der Waals surface area (Å²) in [6.45, 7) is 0. The van der Waals surface area contributed by atoms with Crippen LogP contribution in [0.3, 0.4) is 0 Å². The first-order valence-corrected chi connectivity index (χ1v) is 6.45. The summed E-state index contributed by atoms with van der Waals surface area (Å²) in [6, 6.07) is 3.88. The Bertz CT molecular complexity index is 490. The van der Waals surface area contributed by atoms with Crippen LogP contribution in [0.15, 0.2) is 22.4 Å². The number of hydrogen-bond donors (Lipinski definition) is 0. The molecule has 0 fully saturated rings. The second-order valence-corrected chi connectivity index (χ2v) is 4.91. The van der Waals surface area contributed by atoms with Gasteiger partial charge < -0.3 is 0 Å². The Morgan fingerprint density at radius 1 is 1.57 bits per heavy atom. The van der Waals surface area contributed by atoms with Gasteiger partial charge in [-0.2, -0.15) is 0 Å². The van der Waals surface area contributed by atoms with E-state index in [2.05, 4.69) is 0 Å². The Kier molecular flexibility index (Phi) is 2.81. The fraction of sp³-hybridized carbons (Fsp3) is 0.100. The summed E-state index contributed by atoms with van der Waals surface area (Å²) in [5.74, 6) is 0. The van der Waals surface area contributed by atoms with Crippen LogP contribution in [0.25, 0.3) is 10.1 Å². The van der Waals surface area contributed by atoms with Crippen LogP contribution in [0.5, 0.6) is 0 Å². The van der Waals surface area contributed by atoms with E-state index in [0.717, 1.165) is 21.3 Å². The van der Waals surface area contributed by atoms with Gasteiger partial charge >= 0.3 is 0 Å². The summed E-state index contributed by atoms with van der Waals surface area (Å²) in [7, 11) is 0. The molecule has 0 unspecified atom stereocenters. The fourth-order valence-corrected chi connectivity index (χ4v) is 3.40. The molecule has 0 atom stereocenters. The van der Waals surface area contributed by atoms with Crippen molar-refractivity contribution in [1.82, 2.24) is 0 Å². The van der Waals surface area contributed by atoms with Gasteiger partial charge in [0.2, 0.25) is 0 Å². The first-order valence-electron chi connectivity index (χ1n) is 3.96. The molecule has 0 saturated heterocycles. The molecule has 1 nitrogen and oxygen atoms in total. The maximum atomic E-state index is 10.8. The molecule has 0 N–H and O–H groups in total. The molecular formula is C10H7ClOS2. The number of hydrogen-bond acceptors (Lipinski definition) is 3. The van der Waals surface area contributed by atoms with Crippen molar-refractivity contribution in [1.29, 1.82) is 0 Å². The predicted molar refractivity (Wildman–Crippen MR) is 64.0 cm³/mol. The zero-order chi connectivity index (χ0) is 10.1. The molecule has 72 valence electrons. The van der Waals surface area contributed by atoms with Gasteiger partial charge in [0.25, 0.3) is 0 Å². The Balaban J connectivity index is 2.85. The van der Waals surface area contributed by atoms with Crippen molar-refractivity contribution < 1.29 is 4.79 Å². The van der Waals surface area contributed by atoms with E-state index in [1.54, 1.807) is 11.3 Å². The molecule has 0 aliphatic carbocycles. The van der Waals surface area contributed by atoms with Crippen LogP contribution in [0.1, 0.15) is 10.4 Å². The van der Waals surface area contributed by atoms with Crippen LogP contribution in [0.4, 0.5) is 0 Å². The maximum Gasteiger partial charge on any atom is 0.151 e. The lowest BCUT2D eigenvalue weighted by Crippen LogP contribution is -1.85. The Morgan fingerprint density at radius 2 is 2.36 bits per heavy atom. The molecule has 0 spiro atoms. The molecule has 2 aromatic rings. The summed E-state index contributed by atoms with van der Waals surface area (Å²) in [4.78, 5) is 11.7. The van der Waals surface area contributed by atoms with Crippen LogP contribution < -0.4 is 0 Å². The van der Waals surface area contributed by atoms with Gasteiger partial charge in [-0.3, -0.25) is 4.79 Å². The number of fused-ring (bicyclic) bond motifs is 1. The highest BCUT2D eigenvalue weighted by atomic mass is 35.5. The molecular weight excluding hydrogens is 236 g/mol. The average molecular weight is 243 g/mol. The smallest absolute Gasteiger partial charge is 0.151 e. The van der Waals surface area contributed by atoms with Crippen LogP contribution >= 0.6 is 34.7 Å². The minimum absolute atomic E-state index is 0.678. The number of halogens is 1. The monoisotopic (exact) mass is 242 g/mol.